The molecule has 3 aromatic rings. The lowest BCUT2D eigenvalue weighted by Gasteiger charge is -2.19. The molecule has 1 aliphatic rings. The topological polar surface area (TPSA) is 75.4 Å². The maximum Gasteiger partial charge on any atom is 0.256 e. The van der Waals surface area contributed by atoms with Crippen molar-refractivity contribution >= 4 is 28.3 Å². The number of anilines is 1. The number of fused-ring (bicyclic) bond motifs is 1. The molecule has 138 valence electrons. The van der Waals surface area contributed by atoms with Crippen molar-refractivity contribution in [2.45, 2.75) is 26.3 Å². The van der Waals surface area contributed by atoms with Crippen molar-refractivity contribution in [3.05, 3.63) is 59.5 Å². The van der Waals surface area contributed by atoms with Crippen molar-refractivity contribution in [2.24, 2.45) is 5.92 Å². The number of hydrogen-bond acceptors (Lipinski definition) is 4. The van der Waals surface area contributed by atoms with E-state index in [0.29, 0.717) is 29.2 Å². The zero-order valence-corrected chi connectivity index (χ0v) is 15.4. The third-order valence-corrected chi connectivity index (χ3v) is 4.74. The van der Waals surface area contributed by atoms with Crippen molar-refractivity contribution in [1.82, 2.24) is 10.1 Å². The number of amides is 2. The molecule has 4 rings (SSSR count). The summed E-state index contributed by atoms with van der Waals surface area (Å²) in [4.78, 5) is 27.0. The van der Waals surface area contributed by atoms with Crippen molar-refractivity contribution in [3.63, 3.8) is 0 Å². The molecule has 1 N–H and O–H groups in total. The first kappa shape index (κ1) is 17.3. The van der Waals surface area contributed by atoms with Crippen LogP contribution in [-0.4, -0.2) is 28.9 Å². The van der Waals surface area contributed by atoms with Crippen LogP contribution in [0.3, 0.4) is 0 Å². The summed E-state index contributed by atoms with van der Waals surface area (Å²) in [7, 11) is 1.72. The summed E-state index contributed by atoms with van der Waals surface area (Å²) in [6, 6.07) is 13.3. The molecule has 27 heavy (non-hydrogen) atoms. The zero-order valence-electron chi connectivity index (χ0n) is 15.4. The molecule has 0 aliphatic heterocycles. The lowest BCUT2D eigenvalue weighted by Crippen LogP contribution is -2.28. The number of nitrogens with one attached hydrogen (secondary N) is 1. The Kier molecular flexibility index (Phi) is 4.39. The summed E-state index contributed by atoms with van der Waals surface area (Å²) < 4.78 is 5.07. The number of rotatable bonds is 5. The van der Waals surface area contributed by atoms with Crippen molar-refractivity contribution in [2.75, 3.05) is 12.4 Å². The minimum absolute atomic E-state index is 0.0193. The molecule has 0 spiro atoms. The Morgan fingerprint density at radius 1 is 1.19 bits per heavy atom. The molecule has 0 bridgehead atoms. The van der Waals surface area contributed by atoms with Gasteiger partial charge in [-0.25, -0.2) is 0 Å². The fraction of sp³-hybridized carbons (Fsp3) is 0.286. The Morgan fingerprint density at radius 3 is 2.52 bits per heavy atom. The van der Waals surface area contributed by atoms with E-state index in [9.17, 15) is 9.59 Å². The van der Waals surface area contributed by atoms with Crippen LogP contribution in [0.1, 0.15) is 34.7 Å². The van der Waals surface area contributed by atoms with E-state index in [1.807, 2.05) is 43.3 Å². The minimum Gasteiger partial charge on any atom is -0.361 e. The van der Waals surface area contributed by atoms with E-state index < -0.39 is 0 Å². The molecule has 1 fully saturated rings. The molecule has 1 heterocycles. The second-order valence-corrected chi connectivity index (χ2v) is 7.10. The number of carbonyl (C=O) groups excluding carboxylic acids is 2. The highest BCUT2D eigenvalue weighted by atomic mass is 16.5. The highest BCUT2D eigenvalue weighted by Crippen LogP contribution is 2.32. The molecule has 2 amide bonds. The Balaban J connectivity index is 1.66. The summed E-state index contributed by atoms with van der Waals surface area (Å²) >= 11 is 0. The molecular formula is C21H21N3O3. The first-order valence-corrected chi connectivity index (χ1v) is 9.02. The summed E-state index contributed by atoms with van der Waals surface area (Å²) in [6.45, 7) is 2.15. The van der Waals surface area contributed by atoms with Gasteiger partial charge in [0.25, 0.3) is 5.91 Å². The van der Waals surface area contributed by atoms with E-state index in [-0.39, 0.29) is 17.7 Å². The van der Waals surface area contributed by atoms with Crippen molar-refractivity contribution in [1.29, 1.82) is 0 Å². The quantitative estimate of drug-likeness (QED) is 0.749. The lowest BCUT2D eigenvalue weighted by molar-refractivity contribution is -0.117. The normalized spacial score (nSPS) is 13.6. The Bertz CT molecular complexity index is 1020. The highest BCUT2D eigenvalue weighted by molar-refractivity contribution is 6.08. The molecule has 0 atom stereocenters. The maximum atomic E-state index is 13.1. The first-order valence-electron chi connectivity index (χ1n) is 9.02. The van der Waals surface area contributed by atoms with Crippen LogP contribution in [-0.2, 0) is 11.3 Å². The highest BCUT2D eigenvalue weighted by Gasteiger charge is 2.30. The van der Waals surface area contributed by atoms with Gasteiger partial charge in [-0.3, -0.25) is 9.59 Å². The van der Waals surface area contributed by atoms with Gasteiger partial charge in [0, 0.05) is 19.0 Å². The van der Waals surface area contributed by atoms with E-state index >= 15 is 0 Å². The van der Waals surface area contributed by atoms with Crippen LogP contribution in [0.4, 0.5) is 5.69 Å². The third-order valence-electron chi connectivity index (χ3n) is 4.74. The number of aromatic nitrogens is 1. The van der Waals surface area contributed by atoms with Gasteiger partial charge in [0.1, 0.15) is 11.5 Å². The number of hydrogen-bond donors (Lipinski definition) is 1. The van der Waals surface area contributed by atoms with Gasteiger partial charge in [-0.05, 0) is 42.7 Å². The molecule has 0 radical (unpaired) electrons. The molecule has 1 aliphatic carbocycles. The number of benzene rings is 2. The monoisotopic (exact) mass is 363 g/mol. The van der Waals surface area contributed by atoms with Gasteiger partial charge in [-0.2, -0.15) is 0 Å². The average molecular weight is 363 g/mol. The molecule has 2 aromatic carbocycles. The summed E-state index contributed by atoms with van der Waals surface area (Å²) in [5.74, 6) is 0.575. The van der Waals surface area contributed by atoms with Crippen LogP contribution in [0.15, 0.2) is 47.0 Å². The van der Waals surface area contributed by atoms with Crippen LogP contribution >= 0.6 is 0 Å². The largest absolute Gasteiger partial charge is 0.361 e. The van der Waals surface area contributed by atoms with Crippen LogP contribution in [0, 0.1) is 12.8 Å². The SMILES string of the molecule is Cc1cc(CN(C)C(=O)c2cc3ccccc3cc2NC(=O)C2CC2)no1. The minimum atomic E-state index is -0.174. The van der Waals surface area contributed by atoms with E-state index in [4.69, 9.17) is 4.52 Å². The van der Waals surface area contributed by atoms with Crippen LogP contribution < -0.4 is 5.32 Å². The van der Waals surface area contributed by atoms with Crippen LogP contribution in [0.2, 0.25) is 0 Å². The van der Waals surface area contributed by atoms with Gasteiger partial charge in [0.05, 0.1) is 17.8 Å². The second-order valence-electron chi connectivity index (χ2n) is 7.10. The summed E-state index contributed by atoms with van der Waals surface area (Å²) in [5, 5.41) is 8.83. The van der Waals surface area contributed by atoms with Gasteiger partial charge in [0.2, 0.25) is 5.91 Å². The molecule has 0 unspecified atom stereocenters. The van der Waals surface area contributed by atoms with Gasteiger partial charge in [-0.1, -0.05) is 29.4 Å². The molecule has 6 nitrogen and oxygen atoms in total. The van der Waals surface area contributed by atoms with Crippen molar-refractivity contribution < 1.29 is 14.1 Å². The molecule has 0 saturated heterocycles. The predicted molar refractivity (Wildman–Crippen MR) is 102 cm³/mol. The number of carbonyl (C=O) groups is 2. The van der Waals surface area contributed by atoms with E-state index in [1.54, 1.807) is 18.0 Å². The van der Waals surface area contributed by atoms with Gasteiger partial charge in [-0.15, -0.1) is 0 Å². The van der Waals surface area contributed by atoms with Crippen LogP contribution in [0.5, 0.6) is 0 Å². The molecular weight excluding hydrogens is 342 g/mol. The first-order chi connectivity index (χ1) is 13.0. The van der Waals surface area contributed by atoms with Gasteiger partial charge in [0.15, 0.2) is 0 Å². The van der Waals surface area contributed by atoms with E-state index in [1.165, 1.54) is 0 Å². The fourth-order valence-electron chi connectivity index (χ4n) is 3.11. The van der Waals surface area contributed by atoms with Crippen LogP contribution in [0.25, 0.3) is 10.8 Å². The second kappa shape index (κ2) is 6.87. The Morgan fingerprint density at radius 2 is 1.89 bits per heavy atom. The summed E-state index contributed by atoms with van der Waals surface area (Å²) in [5.41, 5.74) is 1.72. The third kappa shape index (κ3) is 3.69. The number of aryl methyl sites for hydroxylation is 1. The Hall–Kier alpha value is -3.15. The maximum absolute atomic E-state index is 13.1. The Labute approximate surface area is 157 Å². The van der Waals surface area contributed by atoms with Gasteiger partial charge >= 0.3 is 0 Å². The molecule has 6 heteroatoms. The molecule has 1 aromatic heterocycles. The van der Waals surface area contributed by atoms with Crippen molar-refractivity contribution in [3.8, 4) is 0 Å². The number of nitrogens with zero attached hydrogens (tertiary/aromatic N) is 2. The average Bonchev–Trinajstić information content (AvgIpc) is 3.43. The zero-order chi connectivity index (χ0) is 19.0. The standard InChI is InChI=1S/C21H21N3O3/c1-13-9-17(23-27-13)12-24(2)21(26)18-10-15-5-3-4-6-16(15)11-19(18)22-20(25)14-7-8-14/h3-6,9-11,14H,7-8,12H2,1-2H3,(H,22,25). The fourth-order valence-corrected chi connectivity index (χ4v) is 3.11. The smallest absolute Gasteiger partial charge is 0.256 e. The predicted octanol–water partition coefficient (Wildman–Crippen LogP) is 3.76. The lowest BCUT2D eigenvalue weighted by atomic mass is 10.0. The summed E-state index contributed by atoms with van der Waals surface area (Å²) in [6.07, 6.45) is 1.82. The molecule has 1 saturated carbocycles. The van der Waals surface area contributed by atoms with E-state index in [0.717, 1.165) is 23.6 Å². The van der Waals surface area contributed by atoms with Gasteiger partial charge < -0.3 is 14.7 Å². The van der Waals surface area contributed by atoms with E-state index in [2.05, 4.69) is 10.5 Å².